The molecule has 0 aromatic heterocycles. The second-order valence-corrected chi connectivity index (χ2v) is 7.28. The van der Waals surface area contributed by atoms with Gasteiger partial charge >= 0.3 is 0 Å². The number of nitrogen functional groups attached to an aromatic ring is 1. The van der Waals surface area contributed by atoms with Crippen LogP contribution in [0.3, 0.4) is 0 Å². The molecule has 6 heteroatoms. The van der Waals surface area contributed by atoms with Crippen molar-refractivity contribution in [3.8, 4) is 5.75 Å². The van der Waals surface area contributed by atoms with E-state index in [9.17, 15) is 13.5 Å². The van der Waals surface area contributed by atoms with Gasteiger partial charge < -0.3 is 10.8 Å². The topological polar surface area (TPSA) is 83.6 Å². The van der Waals surface area contributed by atoms with E-state index < -0.39 is 10.0 Å². The van der Waals surface area contributed by atoms with E-state index in [1.807, 2.05) is 13.8 Å². The van der Waals surface area contributed by atoms with Gasteiger partial charge in [-0.1, -0.05) is 19.9 Å². The minimum absolute atomic E-state index is 0.0863. The molecular formula is C16H19N2O3S. The standard InChI is InChI=1S/C16H19N2O3S/c1-12(2)11-18(15-5-3-4-6-16(15)19)22(20,21)14-9-7-13(17)8-10-14/h4-10,12,19H,11,17H2,1-2H3. The molecule has 0 spiro atoms. The van der Waals surface area contributed by atoms with Crippen LogP contribution in [0.4, 0.5) is 11.4 Å². The summed E-state index contributed by atoms with van der Waals surface area (Å²) in [5.74, 6) is -0.0124. The van der Waals surface area contributed by atoms with Gasteiger partial charge in [-0.25, -0.2) is 8.42 Å². The van der Waals surface area contributed by atoms with Crippen LogP contribution in [-0.4, -0.2) is 20.1 Å². The van der Waals surface area contributed by atoms with E-state index in [1.165, 1.54) is 46.8 Å². The Morgan fingerprint density at radius 1 is 1.23 bits per heavy atom. The fourth-order valence-corrected chi connectivity index (χ4v) is 3.67. The number of anilines is 2. The molecule has 0 bridgehead atoms. The summed E-state index contributed by atoms with van der Waals surface area (Å²) in [7, 11) is -3.79. The van der Waals surface area contributed by atoms with Crippen molar-refractivity contribution >= 4 is 21.4 Å². The summed E-state index contributed by atoms with van der Waals surface area (Å²) < 4.78 is 27.0. The zero-order chi connectivity index (χ0) is 16.3. The molecule has 0 heterocycles. The largest absolute Gasteiger partial charge is 0.506 e. The molecule has 2 aromatic rings. The molecule has 2 rings (SSSR count). The number of nitrogens with zero attached hydrogens (tertiary/aromatic N) is 1. The number of aromatic hydroxyl groups is 1. The van der Waals surface area contributed by atoms with Crippen LogP contribution >= 0.6 is 0 Å². The molecule has 2 aromatic carbocycles. The molecule has 0 saturated carbocycles. The van der Waals surface area contributed by atoms with Crippen molar-refractivity contribution in [3.05, 3.63) is 48.5 Å². The number of nitrogens with two attached hydrogens (primary N) is 1. The first-order valence-electron chi connectivity index (χ1n) is 6.89. The van der Waals surface area contributed by atoms with Crippen molar-refractivity contribution in [2.45, 2.75) is 18.7 Å². The average molecular weight is 319 g/mol. The van der Waals surface area contributed by atoms with Crippen molar-refractivity contribution in [3.63, 3.8) is 0 Å². The van der Waals surface area contributed by atoms with Gasteiger partial charge in [0.05, 0.1) is 10.6 Å². The molecule has 0 aliphatic carbocycles. The van der Waals surface area contributed by atoms with E-state index in [4.69, 9.17) is 5.73 Å². The van der Waals surface area contributed by atoms with E-state index in [0.717, 1.165) is 0 Å². The second-order valence-electron chi connectivity index (χ2n) is 5.41. The lowest BCUT2D eigenvalue weighted by Crippen LogP contribution is -2.34. The number of hydrogen-bond donors (Lipinski definition) is 2. The maximum Gasteiger partial charge on any atom is 0.264 e. The Bertz CT molecular complexity index is 740. The molecule has 0 fully saturated rings. The normalized spacial score (nSPS) is 11.6. The van der Waals surface area contributed by atoms with E-state index in [2.05, 4.69) is 6.07 Å². The molecule has 0 aliphatic rings. The molecule has 0 amide bonds. The quantitative estimate of drug-likeness (QED) is 0.830. The van der Waals surface area contributed by atoms with E-state index in [1.54, 1.807) is 0 Å². The molecule has 117 valence electrons. The molecule has 0 aliphatic heterocycles. The first-order chi connectivity index (χ1) is 10.3. The Morgan fingerprint density at radius 2 is 1.86 bits per heavy atom. The van der Waals surface area contributed by atoms with Gasteiger partial charge in [-0.3, -0.25) is 4.31 Å². The Labute approximate surface area is 131 Å². The number of benzene rings is 2. The minimum Gasteiger partial charge on any atom is -0.506 e. The third kappa shape index (κ3) is 3.33. The van der Waals surface area contributed by atoms with Crippen molar-refractivity contribution in [1.82, 2.24) is 0 Å². The van der Waals surface area contributed by atoms with Crippen molar-refractivity contribution in [2.24, 2.45) is 5.92 Å². The van der Waals surface area contributed by atoms with Crippen LogP contribution < -0.4 is 10.0 Å². The minimum atomic E-state index is -3.79. The van der Waals surface area contributed by atoms with Crippen LogP contribution in [0, 0.1) is 12.0 Å². The molecule has 0 atom stereocenters. The molecule has 0 unspecified atom stereocenters. The van der Waals surface area contributed by atoms with Gasteiger partial charge in [0.25, 0.3) is 10.0 Å². The summed E-state index contributed by atoms with van der Waals surface area (Å²) in [6.07, 6.45) is 0. The highest BCUT2D eigenvalue weighted by atomic mass is 32.2. The summed E-state index contributed by atoms with van der Waals surface area (Å²) in [5, 5.41) is 10.0. The molecule has 22 heavy (non-hydrogen) atoms. The van der Waals surface area contributed by atoms with E-state index in [0.29, 0.717) is 5.69 Å². The van der Waals surface area contributed by atoms with Crippen LogP contribution in [0.2, 0.25) is 0 Å². The summed E-state index contributed by atoms with van der Waals surface area (Å²) >= 11 is 0. The highest BCUT2D eigenvalue weighted by Crippen LogP contribution is 2.32. The van der Waals surface area contributed by atoms with Crippen LogP contribution in [0.5, 0.6) is 5.75 Å². The maximum absolute atomic E-state index is 12.9. The lowest BCUT2D eigenvalue weighted by molar-refractivity contribution is 0.474. The number of hydrogen-bond acceptors (Lipinski definition) is 4. The first kappa shape index (κ1) is 16.2. The Kier molecular flexibility index (Phi) is 4.61. The maximum atomic E-state index is 12.9. The second kappa shape index (κ2) is 6.27. The summed E-state index contributed by atoms with van der Waals surface area (Å²) in [4.78, 5) is 0.130. The van der Waals surface area contributed by atoms with Gasteiger partial charge in [0, 0.05) is 12.2 Å². The fourth-order valence-electron chi connectivity index (χ4n) is 2.04. The lowest BCUT2D eigenvalue weighted by Gasteiger charge is -2.26. The van der Waals surface area contributed by atoms with Crippen LogP contribution in [0.1, 0.15) is 13.8 Å². The third-order valence-electron chi connectivity index (χ3n) is 3.09. The monoisotopic (exact) mass is 319 g/mol. The number of phenolic OH excluding ortho intramolecular Hbond substituents is 1. The van der Waals surface area contributed by atoms with Gasteiger partial charge in [0.2, 0.25) is 0 Å². The van der Waals surface area contributed by atoms with E-state index >= 15 is 0 Å². The van der Waals surface area contributed by atoms with Gasteiger partial charge in [-0.15, -0.1) is 0 Å². The van der Waals surface area contributed by atoms with Gasteiger partial charge in [0.15, 0.2) is 0 Å². The summed E-state index contributed by atoms with van der Waals surface area (Å²) in [5.41, 5.74) is 6.32. The molecule has 1 radical (unpaired) electrons. The molecular weight excluding hydrogens is 300 g/mol. The zero-order valence-electron chi connectivity index (χ0n) is 12.5. The zero-order valence-corrected chi connectivity index (χ0v) is 13.3. The van der Waals surface area contributed by atoms with Gasteiger partial charge in [-0.2, -0.15) is 0 Å². The highest BCUT2D eigenvalue weighted by molar-refractivity contribution is 7.92. The van der Waals surface area contributed by atoms with Crippen LogP contribution in [-0.2, 0) is 10.0 Å². The first-order valence-corrected chi connectivity index (χ1v) is 8.33. The number of phenols is 1. The van der Waals surface area contributed by atoms with Crippen LogP contribution in [0.15, 0.2) is 47.4 Å². The molecule has 0 saturated heterocycles. The highest BCUT2D eigenvalue weighted by Gasteiger charge is 2.27. The fraction of sp³-hybridized carbons (Fsp3) is 0.250. The Balaban J connectivity index is 2.53. The van der Waals surface area contributed by atoms with Gasteiger partial charge in [0.1, 0.15) is 5.75 Å². The van der Waals surface area contributed by atoms with Gasteiger partial charge in [-0.05, 0) is 48.4 Å². The predicted molar refractivity (Wildman–Crippen MR) is 87.2 cm³/mol. The SMILES string of the molecule is CC(C)CN(c1c[c]ccc1O)S(=O)(=O)c1ccc(N)cc1. The van der Waals surface area contributed by atoms with E-state index in [-0.39, 0.29) is 28.8 Å². The van der Waals surface area contributed by atoms with Crippen LogP contribution in [0.25, 0.3) is 0 Å². The number of sulfonamides is 1. The van der Waals surface area contributed by atoms with Crippen molar-refractivity contribution in [1.29, 1.82) is 0 Å². The molecule has 3 N–H and O–H groups in total. The smallest absolute Gasteiger partial charge is 0.264 e. The average Bonchev–Trinajstić information content (AvgIpc) is 2.46. The predicted octanol–water partition coefficient (Wildman–Crippen LogP) is 2.63. The lowest BCUT2D eigenvalue weighted by atomic mass is 10.2. The van der Waals surface area contributed by atoms with Crippen molar-refractivity contribution in [2.75, 3.05) is 16.6 Å². The molecule has 5 nitrogen and oxygen atoms in total. The Hall–Kier alpha value is -2.21. The Morgan fingerprint density at radius 3 is 2.41 bits per heavy atom. The third-order valence-corrected chi connectivity index (χ3v) is 4.88. The number of rotatable bonds is 5. The summed E-state index contributed by atoms with van der Waals surface area (Å²) in [6.45, 7) is 4.07. The summed E-state index contributed by atoms with van der Waals surface area (Å²) in [6, 6.07) is 13.2. The van der Waals surface area contributed by atoms with Crippen molar-refractivity contribution < 1.29 is 13.5 Å².